The van der Waals surface area contributed by atoms with Crippen molar-refractivity contribution in [3.05, 3.63) is 24.3 Å². The lowest BCUT2D eigenvalue weighted by Gasteiger charge is -2.23. The molecule has 0 aliphatic carbocycles. The number of rotatable bonds is 27. The van der Waals surface area contributed by atoms with Gasteiger partial charge >= 0.3 is 7.82 Å². The zero-order valence-electron chi connectivity index (χ0n) is 24.5. The summed E-state index contributed by atoms with van der Waals surface area (Å²) >= 11 is 0. The van der Waals surface area contributed by atoms with Crippen molar-refractivity contribution in [2.24, 2.45) is 5.73 Å². The van der Waals surface area contributed by atoms with Crippen LogP contribution in [0.4, 0.5) is 0 Å². The molecule has 1 amide bonds. The summed E-state index contributed by atoms with van der Waals surface area (Å²) in [7, 11) is -4.38. The molecule has 9 nitrogen and oxygen atoms in total. The number of hydrogen-bond donors (Lipinski definition) is 5. The van der Waals surface area contributed by atoms with E-state index in [0.29, 0.717) is 6.42 Å². The highest BCUT2D eigenvalue weighted by Gasteiger charge is 2.27. The van der Waals surface area contributed by atoms with E-state index in [1.165, 1.54) is 57.8 Å². The first-order valence-corrected chi connectivity index (χ1v) is 16.5. The van der Waals surface area contributed by atoms with Crippen molar-refractivity contribution < 1.29 is 33.5 Å². The Bertz CT molecular complexity index is 691. The van der Waals surface area contributed by atoms with Gasteiger partial charge in [0.25, 0.3) is 0 Å². The quantitative estimate of drug-likeness (QED) is 0.0476. The average molecular weight is 577 g/mol. The van der Waals surface area contributed by atoms with E-state index in [9.17, 15) is 24.5 Å². The van der Waals surface area contributed by atoms with Gasteiger partial charge in [-0.1, -0.05) is 102 Å². The third-order valence-electron chi connectivity index (χ3n) is 6.33. The average Bonchev–Trinajstić information content (AvgIpc) is 2.90. The number of carbonyl (C=O) groups excluding carboxylic acids is 1. The number of allylic oxidation sites excluding steroid dienone is 2. The maximum Gasteiger partial charge on any atom is 0.472 e. The van der Waals surface area contributed by atoms with Gasteiger partial charge < -0.3 is 26.2 Å². The van der Waals surface area contributed by atoms with Crippen LogP contribution >= 0.6 is 7.82 Å². The van der Waals surface area contributed by atoms with Crippen molar-refractivity contribution in [2.45, 2.75) is 135 Å². The molecule has 0 rings (SSSR count). The van der Waals surface area contributed by atoms with Crippen LogP contribution in [0.15, 0.2) is 24.3 Å². The van der Waals surface area contributed by atoms with Gasteiger partial charge in [-0.25, -0.2) is 4.57 Å². The smallest absolute Gasteiger partial charge is 0.392 e. The minimum Gasteiger partial charge on any atom is -0.392 e. The number of unbranched alkanes of at least 4 members (excludes halogenated alkanes) is 12. The molecule has 10 heteroatoms. The maximum atomic E-state index is 12.5. The fourth-order valence-corrected chi connectivity index (χ4v) is 4.75. The summed E-state index contributed by atoms with van der Waals surface area (Å²) in [5.41, 5.74) is 5.30. The molecule has 0 radical (unpaired) electrons. The number of nitrogens with one attached hydrogen (secondary N) is 1. The summed E-state index contributed by atoms with van der Waals surface area (Å²) in [6.07, 6.45) is 21.6. The minimum atomic E-state index is -4.38. The molecule has 0 fully saturated rings. The predicted molar refractivity (Wildman–Crippen MR) is 158 cm³/mol. The van der Waals surface area contributed by atoms with Crippen LogP contribution in [0.5, 0.6) is 0 Å². The summed E-state index contributed by atoms with van der Waals surface area (Å²) in [4.78, 5) is 22.4. The van der Waals surface area contributed by atoms with E-state index >= 15 is 0 Å². The topological polar surface area (TPSA) is 151 Å². The Hall–Kier alpha value is -1.06. The number of aliphatic hydroxyl groups is 2. The minimum absolute atomic E-state index is 0.0449. The van der Waals surface area contributed by atoms with Gasteiger partial charge in [0.05, 0.1) is 37.9 Å². The molecule has 0 aliphatic rings. The summed E-state index contributed by atoms with van der Waals surface area (Å²) < 4.78 is 21.8. The zero-order valence-corrected chi connectivity index (χ0v) is 25.4. The Kier molecular flexibility index (Phi) is 25.2. The first-order chi connectivity index (χ1) is 18.8. The van der Waals surface area contributed by atoms with Crippen molar-refractivity contribution in [3.8, 4) is 0 Å². The molecule has 0 aromatic rings. The van der Waals surface area contributed by atoms with Crippen molar-refractivity contribution in [3.63, 3.8) is 0 Å². The molecule has 0 aliphatic heterocycles. The van der Waals surface area contributed by atoms with E-state index in [-0.39, 0.29) is 19.6 Å². The molecule has 0 aromatic carbocycles. The number of hydrogen-bond acceptors (Lipinski definition) is 7. The van der Waals surface area contributed by atoms with Crippen LogP contribution in [-0.2, 0) is 18.4 Å². The molecule has 0 aromatic heterocycles. The van der Waals surface area contributed by atoms with E-state index in [1.807, 2.05) is 18.2 Å². The monoisotopic (exact) mass is 576 g/mol. The van der Waals surface area contributed by atoms with Crippen molar-refractivity contribution >= 4 is 13.7 Å². The molecule has 0 saturated heterocycles. The van der Waals surface area contributed by atoms with Gasteiger partial charge in [0.15, 0.2) is 0 Å². The lowest BCUT2D eigenvalue weighted by molar-refractivity contribution is -0.124. The fraction of sp³-hybridized carbons (Fsp3) is 0.828. The maximum absolute atomic E-state index is 12.5. The van der Waals surface area contributed by atoms with Crippen LogP contribution in [0.3, 0.4) is 0 Å². The van der Waals surface area contributed by atoms with Gasteiger partial charge in [-0.05, 0) is 32.1 Å². The lowest BCUT2D eigenvalue weighted by Crippen LogP contribution is -2.46. The van der Waals surface area contributed by atoms with E-state index in [1.54, 1.807) is 6.08 Å². The summed E-state index contributed by atoms with van der Waals surface area (Å²) in [5.74, 6) is -0.487. The van der Waals surface area contributed by atoms with Crippen molar-refractivity contribution in [1.82, 2.24) is 5.32 Å². The van der Waals surface area contributed by atoms with Crippen molar-refractivity contribution in [1.29, 1.82) is 0 Å². The Morgan fingerprint density at radius 3 is 2.05 bits per heavy atom. The summed E-state index contributed by atoms with van der Waals surface area (Å²) in [6.45, 7) is 3.81. The highest BCUT2D eigenvalue weighted by molar-refractivity contribution is 7.47. The van der Waals surface area contributed by atoms with Gasteiger partial charge in [-0.3, -0.25) is 13.8 Å². The fourth-order valence-electron chi connectivity index (χ4n) is 3.99. The lowest BCUT2D eigenvalue weighted by atomic mass is 10.1. The Morgan fingerprint density at radius 2 is 1.44 bits per heavy atom. The second-order valence-electron chi connectivity index (χ2n) is 10.2. The number of phosphoric acid groups is 1. The SMILES string of the molecule is CCCCCC/C=C\CC(O)CC(=O)NC(COP(=O)(O)OCCN)C(O)/C=C/CCCCCCCCCC. The van der Waals surface area contributed by atoms with E-state index < -0.39 is 38.6 Å². The third kappa shape index (κ3) is 24.5. The molecule has 4 unspecified atom stereocenters. The second-order valence-corrected chi connectivity index (χ2v) is 11.6. The standard InChI is InChI=1S/C29H57N2O7P/c1-3-5-7-9-11-12-13-15-17-19-21-28(33)27(25-38-39(35,36)37-23-22-30)31-29(34)24-26(32)20-18-16-14-10-8-6-4-2/h16,18-19,21,26-28,32-33H,3-15,17,20,22-25,30H2,1-2H3,(H,31,34)(H,35,36)/b18-16-,21-19+. The van der Waals surface area contributed by atoms with Crippen LogP contribution in [0.2, 0.25) is 0 Å². The van der Waals surface area contributed by atoms with Gasteiger partial charge in [0.1, 0.15) is 0 Å². The molecule has 0 heterocycles. The normalized spacial score (nSPS) is 15.9. The van der Waals surface area contributed by atoms with Crippen LogP contribution in [0, 0.1) is 0 Å². The highest BCUT2D eigenvalue weighted by Crippen LogP contribution is 2.43. The zero-order chi connectivity index (χ0) is 29.2. The van der Waals surface area contributed by atoms with Gasteiger partial charge in [-0.15, -0.1) is 0 Å². The van der Waals surface area contributed by atoms with Crippen molar-refractivity contribution in [2.75, 3.05) is 19.8 Å². The molecular weight excluding hydrogens is 519 g/mol. The highest BCUT2D eigenvalue weighted by atomic mass is 31.2. The molecule has 39 heavy (non-hydrogen) atoms. The number of amides is 1. The van der Waals surface area contributed by atoms with Gasteiger partial charge in [0, 0.05) is 6.54 Å². The van der Waals surface area contributed by atoms with E-state index in [4.69, 9.17) is 14.8 Å². The van der Waals surface area contributed by atoms with Gasteiger partial charge in [0.2, 0.25) is 5.91 Å². The second kappa shape index (κ2) is 25.9. The number of carbonyl (C=O) groups is 1. The van der Waals surface area contributed by atoms with Gasteiger partial charge in [-0.2, -0.15) is 0 Å². The van der Waals surface area contributed by atoms with Crippen LogP contribution in [-0.4, -0.2) is 59.0 Å². The molecule has 0 bridgehead atoms. The van der Waals surface area contributed by atoms with E-state index in [0.717, 1.165) is 32.1 Å². The summed E-state index contributed by atoms with van der Waals surface area (Å²) in [5, 5.41) is 23.5. The van der Waals surface area contributed by atoms with Crippen LogP contribution in [0.25, 0.3) is 0 Å². The molecule has 0 saturated carbocycles. The largest absolute Gasteiger partial charge is 0.472 e. The number of aliphatic hydroxyl groups excluding tert-OH is 2. The molecule has 0 spiro atoms. The number of phosphoric ester groups is 1. The third-order valence-corrected chi connectivity index (χ3v) is 7.31. The molecule has 6 N–H and O–H groups in total. The first kappa shape index (κ1) is 37.9. The predicted octanol–water partition coefficient (Wildman–Crippen LogP) is 5.68. The molecular formula is C29H57N2O7P. The first-order valence-electron chi connectivity index (χ1n) is 15.0. The Morgan fingerprint density at radius 1 is 0.872 bits per heavy atom. The van der Waals surface area contributed by atoms with E-state index in [2.05, 4.69) is 19.2 Å². The Balaban J connectivity index is 4.70. The number of nitrogens with two attached hydrogens (primary N) is 1. The molecule has 4 atom stereocenters. The Labute approximate surface area is 237 Å². The van der Waals surface area contributed by atoms with Crippen LogP contribution in [0.1, 0.15) is 117 Å². The summed E-state index contributed by atoms with van der Waals surface area (Å²) in [6, 6.07) is -0.990. The van der Waals surface area contributed by atoms with Crippen LogP contribution < -0.4 is 11.1 Å². The molecule has 230 valence electrons.